The molecule has 5 nitrogen and oxygen atoms in total. The van der Waals surface area contributed by atoms with Crippen LogP contribution in [-0.4, -0.2) is 17.9 Å². The van der Waals surface area contributed by atoms with E-state index >= 15 is 0 Å². The fraction of sp³-hybridized carbons (Fsp3) is 0.200. The molecule has 0 saturated carbocycles. The number of carbonyl (C=O) groups excluding carboxylic acids is 2. The molecular formula is C15H17N3O2S. The summed E-state index contributed by atoms with van der Waals surface area (Å²) in [6.07, 6.45) is 1.26. The minimum absolute atomic E-state index is 0.309. The Labute approximate surface area is 127 Å². The highest BCUT2D eigenvalue weighted by Crippen LogP contribution is 2.22. The number of primary amides is 1. The smallest absolute Gasteiger partial charge is 0.251 e. The van der Waals surface area contributed by atoms with Crippen LogP contribution in [0.5, 0.6) is 0 Å². The summed E-state index contributed by atoms with van der Waals surface area (Å²) in [6, 6.07) is 10.8. The number of rotatable bonds is 6. The molecule has 0 aliphatic rings. The van der Waals surface area contributed by atoms with Crippen LogP contribution in [0.2, 0.25) is 0 Å². The second-order valence-corrected chi connectivity index (χ2v) is 5.56. The van der Waals surface area contributed by atoms with Gasteiger partial charge in [-0.1, -0.05) is 30.3 Å². The summed E-state index contributed by atoms with van der Waals surface area (Å²) in [5, 5.41) is 4.81. The molecule has 2 amide bonds. The lowest BCUT2D eigenvalue weighted by molar-refractivity contribution is -0.117. The van der Waals surface area contributed by atoms with Crippen molar-refractivity contribution in [3.8, 4) is 0 Å². The van der Waals surface area contributed by atoms with Crippen molar-refractivity contribution in [1.82, 2.24) is 0 Å². The highest BCUT2D eigenvalue weighted by atomic mass is 32.1. The Hall–Kier alpha value is -2.18. The molecule has 5 N–H and O–H groups in total. The Morgan fingerprint density at radius 2 is 1.90 bits per heavy atom. The zero-order chi connectivity index (χ0) is 15.2. The first-order valence-corrected chi connectivity index (χ1v) is 7.43. The minimum Gasteiger partial charge on any atom is -0.366 e. The average molecular weight is 303 g/mol. The number of hydrogen-bond donors (Lipinski definition) is 3. The third-order valence-electron chi connectivity index (χ3n) is 3.09. The Kier molecular flexibility index (Phi) is 5.08. The van der Waals surface area contributed by atoms with Gasteiger partial charge in [0.2, 0.25) is 5.91 Å². The fourth-order valence-corrected chi connectivity index (χ4v) is 2.70. The molecule has 6 heteroatoms. The maximum absolute atomic E-state index is 12.0. The topological polar surface area (TPSA) is 98.2 Å². The first kappa shape index (κ1) is 15.2. The molecule has 0 spiro atoms. The van der Waals surface area contributed by atoms with Gasteiger partial charge in [-0.3, -0.25) is 9.59 Å². The number of anilines is 1. The molecule has 1 atom stereocenters. The molecule has 0 aliphatic heterocycles. The molecule has 0 bridgehead atoms. The molecule has 1 heterocycles. The van der Waals surface area contributed by atoms with Crippen LogP contribution >= 0.6 is 11.3 Å². The van der Waals surface area contributed by atoms with E-state index in [2.05, 4.69) is 5.32 Å². The van der Waals surface area contributed by atoms with Crippen LogP contribution in [0, 0.1) is 0 Å². The third kappa shape index (κ3) is 4.14. The Morgan fingerprint density at radius 1 is 1.19 bits per heavy atom. The van der Waals surface area contributed by atoms with Gasteiger partial charge < -0.3 is 16.8 Å². The van der Waals surface area contributed by atoms with Gasteiger partial charge in [-0.25, -0.2) is 0 Å². The van der Waals surface area contributed by atoms with Gasteiger partial charge >= 0.3 is 0 Å². The van der Waals surface area contributed by atoms with E-state index in [0.717, 1.165) is 12.0 Å². The first-order valence-electron chi connectivity index (χ1n) is 6.55. The summed E-state index contributed by atoms with van der Waals surface area (Å²) >= 11 is 1.25. The third-order valence-corrected chi connectivity index (χ3v) is 3.92. The highest BCUT2D eigenvalue weighted by Gasteiger charge is 2.17. The summed E-state index contributed by atoms with van der Waals surface area (Å²) in [5.74, 6) is -0.875. The van der Waals surface area contributed by atoms with Gasteiger partial charge in [0, 0.05) is 0 Å². The van der Waals surface area contributed by atoms with Crippen LogP contribution in [0.3, 0.4) is 0 Å². The Balaban J connectivity index is 1.90. The molecule has 2 rings (SSSR count). The van der Waals surface area contributed by atoms with Crippen molar-refractivity contribution in [3.05, 3.63) is 52.9 Å². The molecule has 1 unspecified atom stereocenters. The van der Waals surface area contributed by atoms with E-state index in [1.54, 1.807) is 11.4 Å². The largest absolute Gasteiger partial charge is 0.366 e. The normalized spacial score (nSPS) is 11.9. The Bertz CT molecular complexity index is 625. The van der Waals surface area contributed by atoms with Gasteiger partial charge in [0.25, 0.3) is 5.91 Å². The quantitative estimate of drug-likeness (QED) is 0.758. The van der Waals surface area contributed by atoms with Gasteiger partial charge in [0.1, 0.15) is 5.00 Å². The number of aryl methyl sites for hydroxylation is 1. The highest BCUT2D eigenvalue weighted by molar-refractivity contribution is 7.14. The number of amides is 2. The number of carbonyl (C=O) groups is 2. The maximum atomic E-state index is 12.0. The van der Waals surface area contributed by atoms with Gasteiger partial charge in [-0.15, -0.1) is 11.3 Å². The van der Waals surface area contributed by atoms with Crippen LogP contribution in [0.4, 0.5) is 5.00 Å². The van der Waals surface area contributed by atoms with E-state index in [4.69, 9.17) is 11.5 Å². The summed E-state index contributed by atoms with van der Waals surface area (Å²) in [4.78, 5) is 23.2. The standard InChI is InChI=1S/C15H17N3O2S/c16-12(7-6-10-4-2-1-3-5-10)14(20)18-15-11(13(17)19)8-9-21-15/h1-5,8-9,12H,6-7,16H2,(H2,17,19)(H,18,20). The SMILES string of the molecule is NC(=O)c1ccsc1NC(=O)C(N)CCc1ccccc1. The van der Waals surface area contributed by atoms with E-state index in [0.29, 0.717) is 17.0 Å². The van der Waals surface area contributed by atoms with Crippen molar-refractivity contribution >= 4 is 28.2 Å². The lowest BCUT2D eigenvalue weighted by Gasteiger charge is -2.12. The number of benzene rings is 1. The summed E-state index contributed by atoms with van der Waals surface area (Å²) in [7, 11) is 0. The van der Waals surface area contributed by atoms with E-state index in [-0.39, 0.29) is 5.91 Å². The van der Waals surface area contributed by atoms with Crippen molar-refractivity contribution < 1.29 is 9.59 Å². The summed E-state index contributed by atoms with van der Waals surface area (Å²) in [5.41, 5.74) is 12.6. The van der Waals surface area contributed by atoms with Crippen molar-refractivity contribution in [2.45, 2.75) is 18.9 Å². The van der Waals surface area contributed by atoms with E-state index in [1.807, 2.05) is 30.3 Å². The molecule has 0 aliphatic carbocycles. The predicted molar refractivity (Wildman–Crippen MR) is 84.2 cm³/mol. The van der Waals surface area contributed by atoms with Crippen molar-refractivity contribution in [3.63, 3.8) is 0 Å². The van der Waals surface area contributed by atoms with Gasteiger partial charge in [-0.05, 0) is 29.9 Å². The van der Waals surface area contributed by atoms with Gasteiger partial charge in [0.05, 0.1) is 11.6 Å². The van der Waals surface area contributed by atoms with Crippen LogP contribution in [0.25, 0.3) is 0 Å². The zero-order valence-electron chi connectivity index (χ0n) is 11.4. The number of nitrogens with one attached hydrogen (secondary N) is 1. The monoisotopic (exact) mass is 303 g/mol. The molecule has 0 fully saturated rings. The summed E-state index contributed by atoms with van der Waals surface area (Å²) < 4.78 is 0. The van der Waals surface area contributed by atoms with Crippen LogP contribution in [-0.2, 0) is 11.2 Å². The van der Waals surface area contributed by atoms with Crippen molar-refractivity contribution in [1.29, 1.82) is 0 Å². The van der Waals surface area contributed by atoms with Crippen LogP contribution in [0.15, 0.2) is 41.8 Å². The molecule has 21 heavy (non-hydrogen) atoms. The molecule has 2 aromatic rings. The minimum atomic E-state index is -0.631. The number of thiophene rings is 1. The lowest BCUT2D eigenvalue weighted by Crippen LogP contribution is -2.36. The molecule has 1 aromatic carbocycles. The molecular weight excluding hydrogens is 286 g/mol. The molecule has 110 valence electrons. The average Bonchev–Trinajstić information content (AvgIpc) is 2.94. The van der Waals surface area contributed by atoms with E-state index in [9.17, 15) is 9.59 Å². The van der Waals surface area contributed by atoms with Gasteiger partial charge in [-0.2, -0.15) is 0 Å². The summed E-state index contributed by atoms with van der Waals surface area (Å²) in [6.45, 7) is 0. The first-order chi connectivity index (χ1) is 10.1. The second-order valence-electron chi connectivity index (χ2n) is 4.65. The fourth-order valence-electron chi connectivity index (χ4n) is 1.90. The number of nitrogens with two attached hydrogens (primary N) is 2. The lowest BCUT2D eigenvalue weighted by atomic mass is 10.1. The van der Waals surface area contributed by atoms with Crippen LogP contribution in [0.1, 0.15) is 22.3 Å². The van der Waals surface area contributed by atoms with Crippen molar-refractivity contribution in [2.75, 3.05) is 5.32 Å². The van der Waals surface area contributed by atoms with Crippen molar-refractivity contribution in [2.24, 2.45) is 11.5 Å². The zero-order valence-corrected chi connectivity index (χ0v) is 12.2. The second kappa shape index (κ2) is 7.01. The molecule has 0 saturated heterocycles. The number of hydrogen-bond acceptors (Lipinski definition) is 4. The Morgan fingerprint density at radius 3 is 2.57 bits per heavy atom. The van der Waals surface area contributed by atoms with Crippen LogP contribution < -0.4 is 16.8 Å². The maximum Gasteiger partial charge on any atom is 0.251 e. The van der Waals surface area contributed by atoms with E-state index in [1.165, 1.54) is 11.3 Å². The molecule has 0 radical (unpaired) electrons. The predicted octanol–water partition coefficient (Wildman–Crippen LogP) is 1.75. The van der Waals surface area contributed by atoms with E-state index < -0.39 is 11.9 Å². The molecule has 1 aromatic heterocycles. The van der Waals surface area contributed by atoms with Gasteiger partial charge in [0.15, 0.2) is 0 Å².